The van der Waals surface area contributed by atoms with Gasteiger partial charge in [0.05, 0.1) is 12.8 Å². The molecule has 1 amide bonds. The topological polar surface area (TPSA) is 68.5 Å². The highest BCUT2D eigenvalue weighted by Crippen LogP contribution is 2.22. The molecule has 4 aromatic rings. The normalized spacial score (nSPS) is 10.7. The minimum atomic E-state index is -0.186. The number of rotatable bonds is 4. The van der Waals surface area contributed by atoms with Gasteiger partial charge in [0.2, 0.25) is 5.78 Å². The van der Waals surface area contributed by atoms with Gasteiger partial charge in [0, 0.05) is 34.9 Å². The van der Waals surface area contributed by atoms with Crippen LogP contribution in [0, 0.1) is 6.92 Å². The first-order valence-corrected chi connectivity index (χ1v) is 8.50. The SMILES string of the molecule is COc1cccc(C(=O)Nc2ccc(-c3cn4ccc(C)nc4n3)cc2)c1. The Bertz CT molecular complexity index is 1120. The van der Waals surface area contributed by atoms with E-state index in [0.29, 0.717) is 22.8 Å². The van der Waals surface area contributed by atoms with E-state index in [1.54, 1.807) is 31.4 Å². The molecule has 0 saturated heterocycles. The van der Waals surface area contributed by atoms with Gasteiger partial charge in [0.15, 0.2) is 0 Å². The number of anilines is 1. The van der Waals surface area contributed by atoms with Gasteiger partial charge in [0.1, 0.15) is 5.75 Å². The Hall–Kier alpha value is -3.67. The summed E-state index contributed by atoms with van der Waals surface area (Å²) < 4.78 is 7.05. The number of carbonyl (C=O) groups excluding carboxylic acids is 1. The summed E-state index contributed by atoms with van der Waals surface area (Å²) >= 11 is 0. The van der Waals surface area contributed by atoms with E-state index in [2.05, 4.69) is 15.3 Å². The van der Waals surface area contributed by atoms with Crippen LogP contribution in [0.2, 0.25) is 0 Å². The molecule has 0 fully saturated rings. The van der Waals surface area contributed by atoms with Crippen LogP contribution in [0.3, 0.4) is 0 Å². The van der Waals surface area contributed by atoms with Crippen LogP contribution in [-0.2, 0) is 0 Å². The maximum Gasteiger partial charge on any atom is 0.255 e. The van der Waals surface area contributed by atoms with Gasteiger partial charge in [0.25, 0.3) is 5.91 Å². The van der Waals surface area contributed by atoms with E-state index in [-0.39, 0.29) is 5.91 Å². The van der Waals surface area contributed by atoms with Gasteiger partial charge < -0.3 is 10.1 Å². The highest BCUT2D eigenvalue weighted by atomic mass is 16.5. The third-order valence-electron chi connectivity index (χ3n) is 4.24. The van der Waals surface area contributed by atoms with E-state index in [9.17, 15) is 4.79 Å². The molecule has 0 unspecified atom stereocenters. The second kappa shape index (κ2) is 6.92. The van der Waals surface area contributed by atoms with Crippen LogP contribution in [0.1, 0.15) is 16.1 Å². The predicted octanol–water partition coefficient (Wildman–Crippen LogP) is 3.97. The van der Waals surface area contributed by atoms with Crippen LogP contribution in [0.4, 0.5) is 5.69 Å². The van der Waals surface area contributed by atoms with Crippen molar-refractivity contribution in [2.45, 2.75) is 6.92 Å². The van der Waals surface area contributed by atoms with Crippen molar-refractivity contribution < 1.29 is 9.53 Å². The highest BCUT2D eigenvalue weighted by Gasteiger charge is 2.09. The molecule has 27 heavy (non-hydrogen) atoms. The fourth-order valence-electron chi connectivity index (χ4n) is 2.79. The maximum absolute atomic E-state index is 12.4. The molecule has 2 aromatic carbocycles. The van der Waals surface area contributed by atoms with E-state index in [0.717, 1.165) is 17.0 Å². The van der Waals surface area contributed by atoms with E-state index < -0.39 is 0 Å². The van der Waals surface area contributed by atoms with Crippen molar-refractivity contribution in [2.75, 3.05) is 12.4 Å². The third kappa shape index (κ3) is 3.50. The molecule has 0 atom stereocenters. The van der Waals surface area contributed by atoms with Gasteiger partial charge in [-0.05, 0) is 43.3 Å². The average molecular weight is 358 g/mol. The van der Waals surface area contributed by atoms with Gasteiger partial charge >= 0.3 is 0 Å². The third-order valence-corrected chi connectivity index (χ3v) is 4.24. The molecule has 0 aliphatic heterocycles. The number of nitrogens with zero attached hydrogens (tertiary/aromatic N) is 3. The number of hydrogen-bond acceptors (Lipinski definition) is 4. The number of imidazole rings is 1. The largest absolute Gasteiger partial charge is 0.497 e. The van der Waals surface area contributed by atoms with Crippen LogP contribution in [0.5, 0.6) is 5.75 Å². The molecule has 6 heteroatoms. The molecule has 1 N–H and O–H groups in total. The quantitative estimate of drug-likeness (QED) is 0.599. The highest BCUT2D eigenvalue weighted by molar-refractivity contribution is 6.04. The molecule has 4 rings (SSSR count). The number of amides is 1. The lowest BCUT2D eigenvalue weighted by Gasteiger charge is -2.07. The van der Waals surface area contributed by atoms with Crippen LogP contribution in [-0.4, -0.2) is 27.4 Å². The Morgan fingerprint density at radius 2 is 1.89 bits per heavy atom. The first-order chi connectivity index (χ1) is 13.1. The van der Waals surface area contributed by atoms with Crippen LogP contribution >= 0.6 is 0 Å². The number of hydrogen-bond donors (Lipinski definition) is 1. The summed E-state index contributed by atoms with van der Waals surface area (Å²) in [7, 11) is 1.58. The Kier molecular flexibility index (Phi) is 4.30. The van der Waals surface area contributed by atoms with E-state index in [1.165, 1.54) is 0 Å². The predicted molar refractivity (Wildman–Crippen MR) is 104 cm³/mol. The van der Waals surface area contributed by atoms with Crippen LogP contribution in [0.25, 0.3) is 17.0 Å². The van der Waals surface area contributed by atoms with Crippen molar-refractivity contribution in [3.8, 4) is 17.0 Å². The van der Waals surface area contributed by atoms with Crippen molar-refractivity contribution in [1.82, 2.24) is 14.4 Å². The lowest BCUT2D eigenvalue weighted by molar-refractivity contribution is 0.102. The van der Waals surface area contributed by atoms with Gasteiger partial charge in [-0.25, -0.2) is 9.97 Å². The molecule has 0 radical (unpaired) electrons. The van der Waals surface area contributed by atoms with Crippen molar-refractivity contribution in [1.29, 1.82) is 0 Å². The first kappa shape index (κ1) is 16.8. The molecule has 0 bridgehead atoms. The summed E-state index contributed by atoms with van der Waals surface area (Å²) in [5.41, 5.74) is 3.97. The Morgan fingerprint density at radius 1 is 1.07 bits per heavy atom. The number of methoxy groups -OCH3 is 1. The molecule has 134 valence electrons. The Labute approximate surface area is 156 Å². The number of aromatic nitrogens is 3. The van der Waals surface area contributed by atoms with Crippen molar-refractivity contribution in [3.63, 3.8) is 0 Å². The molecular formula is C21H18N4O2. The summed E-state index contributed by atoms with van der Waals surface area (Å²) in [5.74, 6) is 1.13. The van der Waals surface area contributed by atoms with E-state index in [4.69, 9.17) is 4.74 Å². The van der Waals surface area contributed by atoms with Crippen LogP contribution in [0.15, 0.2) is 67.0 Å². The van der Waals surface area contributed by atoms with E-state index >= 15 is 0 Å². The lowest BCUT2D eigenvalue weighted by atomic mass is 10.1. The number of ether oxygens (including phenoxy) is 1. The van der Waals surface area contributed by atoms with Gasteiger partial charge in [-0.3, -0.25) is 9.20 Å². The fourth-order valence-corrected chi connectivity index (χ4v) is 2.79. The monoisotopic (exact) mass is 358 g/mol. The van der Waals surface area contributed by atoms with Crippen LogP contribution < -0.4 is 10.1 Å². The maximum atomic E-state index is 12.4. The molecular weight excluding hydrogens is 340 g/mol. The van der Waals surface area contributed by atoms with Gasteiger partial charge in [-0.2, -0.15) is 0 Å². The second-order valence-electron chi connectivity index (χ2n) is 6.17. The van der Waals surface area contributed by atoms with Gasteiger partial charge in [-0.15, -0.1) is 0 Å². The summed E-state index contributed by atoms with van der Waals surface area (Å²) in [5, 5.41) is 2.89. The first-order valence-electron chi connectivity index (χ1n) is 8.50. The zero-order valence-electron chi connectivity index (χ0n) is 15.0. The van der Waals surface area contributed by atoms with Crippen molar-refractivity contribution in [3.05, 3.63) is 78.2 Å². The summed E-state index contributed by atoms with van der Waals surface area (Å²) in [6.07, 6.45) is 3.88. The molecule has 0 saturated carbocycles. The number of aryl methyl sites for hydroxylation is 1. The zero-order chi connectivity index (χ0) is 18.8. The molecule has 0 aliphatic rings. The number of fused-ring (bicyclic) bond motifs is 1. The minimum absolute atomic E-state index is 0.186. The molecule has 0 aliphatic carbocycles. The Balaban J connectivity index is 1.53. The molecule has 6 nitrogen and oxygen atoms in total. The number of benzene rings is 2. The number of carbonyl (C=O) groups is 1. The number of nitrogens with one attached hydrogen (secondary N) is 1. The van der Waals surface area contributed by atoms with Crippen molar-refractivity contribution in [2.24, 2.45) is 0 Å². The van der Waals surface area contributed by atoms with Gasteiger partial charge in [-0.1, -0.05) is 18.2 Å². The summed E-state index contributed by atoms with van der Waals surface area (Å²) in [6, 6.07) is 16.5. The Morgan fingerprint density at radius 3 is 2.67 bits per heavy atom. The molecule has 2 heterocycles. The standard InChI is InChI=1S/C21H18N4O2/c1-14-10-11-25-13-19(24-21(25)22-14)15-6-8-17(9-7-15)23-20(26)16-4-3-5-18(12-16)27-2/h3-13H,1-2H3,(H,23,26). The average Bonchev–Trinajstić information content (AvgIpc) is 3.11. The second-order valence-corrected chi connectivity index (χ2v) is 6.17. The lowest BCUT2D eigenvalue weighted by Crippen LogP contribution is -2.11. The van der Waals surface area contributed by atoms with E-state index in [1.807, 2.05) is 54.0 Å². The smallest absolute Gasteiger partial charge is 0.255 e. The summed E-state index contributed by atoms with van der Waals surface area (Å²) in [6.45, 7) is 1.94. The molecule has 0 spiro atoms. The summed E-state index contributed by atoms with van der Waals surface area (Å²) in [4.78, 5) is 21.4. The minimum Gasteiger partial charge on any atom is -0.497 e. The van der Waals surface area contributed by atoms with Crippen molar-refractivity contribution >= 4 is 17.4 Å². The zero-order valence-corrected chi connectivity index (χ0v) is 15.0. The molecule has 2 aromatic heterocycles. The fraction of sp³-hybridized carbons (Fsp3) is 0.0952.